The minimum Gasteiger partial charge on any atom is -0.298 e. The van der Waals surface area contributed by atoms with E-state index in [1.54, 1.807) is 24.3 Å². The average Bonchev–Trinajstić information content (AvgIpc) is 3.29. The molecule has 1 aromatic carbocycles. The lowest BCUT2D eigenvalue weighted by atomic mass is 10.0. The maximum atomic E-state index is 12.5. The number of thiazole rings is 1. The van der Waals surface area contributed by atoms with Gasteiger partial charge in [-0.25, -0.2) is 4.98 Å². The van der Waals surface area contributed by atoms with Crippen LogP contribution in [-0.2, 0) is 22.7 Å². The van der Waals surface area contributed by atoms with Gasteiger partial charge in [0, 0.05) is 36.9 Å². The number of benzene rings is 1. The number of aromatic nitrogens is 1. The van der Waals surface area contributed by atoms with E-state index in [-0.39, 0.29) is 37.1 Å². The molecule has 1 unspecified atom stereocenters. The quantitative estimate of drug-likeness (QED) is 0.717. The van der Waals surface area contributed by atoms with Crippen LogP contribution in [0.15, 0.2) is 29.6 Å². The Labute approximate surface area is 180 Å². The molecule has 0 saturated carbocycles. The summed E-state index contributed by atoms with van der Waals surface area (Å²) in [5, 5.41) is 5.46. The summed E-state index contributed by atoms with van der Waals surface area (Å²) in [6, 6.07) is 6.97. The predicted molar refractivity (Wildman–Crippen MR) is 115 cm³/mol. The van der Waals surface area contributed by atoms with Crippen LogP contribution in [0.25, 0.3) is 0 Å². The van der Waals surface area contributed by atoms with Crippen LogP contribution < -0.4 is 5.32 Å². The second kappa shape index (κ2) is 9.06. The molecule has 7 nitrogen and oxygen atoms in total. The minimum atomic E-state index is -0.220. The number of carbonyl (C=O) groups is 3. The molecule has 2 aromatic rings. The Morgan fingerprint density at radius 3 is 2.60 bits per heavy atom. The summed E-state index contributed by atoms with van der Waals surface area (Å²) < 4.78 is 0. The van der Waals surface area contributed by atoms with Gasteiger partial charge in [-0.2, -0.15) is 0 Å². The number of nitrogens with zero attached hydrogens (tertiary/aromatic N) is 3. The van der Waals surface area contributed by atoms with Crippen LogP contribution >= 0.6 is 11.3 Å². The maximum Gasteiger partial charge on any atom is 0.257 e. The summed E-state index contributed by atoms with van der Waals surface area (Å²) in [5.74, 6) is 0.226. The summed E-state index contributed by atoms with van der Waals surface area (Å²) in [6.45, 7) is 5.56. The summed E-state index contributed by atoms with van der Waals surface area (Å²) in [4.78, 5) is 44.3. The highest BCUT2D eigenvalue weighted by atomic mass is 32.1. The molecule has 0 bridgehead atoms. The van der Waals surface area contributed by atoms with Crippen molar-refractivity contribution in [3.05, 3.63) is 46.5 Å². The molecule has 1 aromatic heterocycles. The summed E-state index contributed by atoms with van der Waals surface area (Å²) >= 11 is 1.44. The van der Waals surface area contributed by atoms with Gasteiger partial charge in [-0.3, -0.25) is 29.5 Å². The van der Waals surface area contributed by atoms with E-state index in [2.05, 4.69) is 22.1 Å². The zero-order chi connectivity index (χ0) is 21.1. The molecule has 158 valence electrons. The van der Waals surface area contributed by atoms with Crippen molar-refractivity contribution in [2.75, 3.05) is 18.4 Å². The highest BCUT2D eigenvalue weighted by Crippen LogP contribution is 2.22. The van der Waals surface area contributed by atoms with Gasteiger partial charge in [0.25, 0.3) is 5.91 Å². The zero-order valence-electron chi connectivity index (χ0n) is 17.1. The Kier molecular flexibility index (Phi) is 6.24. The van der Waals surface area contributed by atoms with E-state index in [9.17, 15) is 14.4 Å². The Balaban J connectivity index is 1.32. The number of piperidine rings is 1. The lowest BCUT2D eigenvalue weighted by Gasteiger charge is -2.30. The van der Waals surface area contributed by atoms with E-state index in [4.69, 9.17) is 0 Å². The first-order valence-corrected chi connectivity index (χ1v) is 11.3. The molecule has 0 spiro atoms. The Bertz CT molecular complexity index is 924. The fourth-order valence-electron chi connectivity index (χ4n) is 4.01. The molecule has 30 heavy (non-hydrogen) atoms. The van der Waals surface area contributed by atoms with Crippen LogP contribution in [0.3, 0.4) is 0 Å². The van der Waals surface area contributed by atoms with Crippen molar-refractivity contribution in [1.82, 2.24) is 14.8 Å². The summed E-state index contributed by atoms with van der Waals surface area (Å²) in [6.07, 6.45) is 3.08. The van der Waals surface area contributed by atoms with Crippen molar-refractivity contribution >= 4 is 34.2 Å². The zero-order valence-corrected chi connectivity index (χ0v) is 17.9. The van der Waals surface area contributed by atoms with Crippen molar-refractivity contribution in [1.29, 1.82) is 0 Å². The lowest BCUT2D eigenvalue weighted by Crippen LogP contribution is -2.33. The summed E-state index contributed by atoms with van der Waals surface area (Å²) in [7, 11) is 0. The molecular formula is C22H26N4O3S. The van der Waals surface area contributed by atoms with E-state index in [1.807, 2.05) is 5.38 Å². The third kappa shape index (κ3) is 4.94. The van der Waals surface area contributed by atoms with Crippen LogP contribution in [0, 0.1) is 5.92 Å². The second-order valence-electron chi connectivity index (χ2n) is 8.15. The second-order valence-corrected chi connectivity index (χ2v) is 9.01. The van der Waals surface area contributed by atoms with E-state index in [0.29, 0.717) is 10.7 Å². The smallest absolute Gasteiger partial charge is 0.257 e. The lowest BCUT2D eigenvalue weighted by molar-refractivity contribution is -0.139. The van der Waals surface area contributed by atoms with Crippen LogP contribution in [0.5, 0.6) is 0 Å². The number of carbonyl (C=O) groups excluding carboxylic acids is 3. The molecule has 2 fully saturated rings. The van der Waals surface area contributed by atoms with Gasteiger partial charge in [0.15, 0.2) is 5.13 Å². The number of anilines is 1. The van der Waals surface area contributed by atoms with E-state index in [0.717, 1.165) is 36.8 Å². The SMILES string of the molecule is CC1CCCN(Cc2csc(NC(=O)c3ccc(CN4C(=O)CCC4=O)cc3)n2)C1. The number of amides is 3. The third-order valence-electron chi connectivity index (χ3n) is 5.61. The molecule has 0 aliphatic carbocycles. The molecular weight excluding hydrogens is 400 g/mol. The van der Waals surface area contributed by atoms with Gasteiger partial charge < -0.3 is 0 Å². The fourth-order valence-corrected chi connectivity index (χ4v) is 4.71. The highest BCUT2D eigenvalue weighted by Gasteiger charge is 2.28. The minimum absolute atomic E-state index is 0.139. The Morgan fingerprint density at radius 2 is 1.90 bits per heavy atom. The number of nitrogens with one attached hydrogen (secondary N) is 1. The van der Waals surface area contributed by atoms with Crippen molar-refractivity contribution in [2.24, 2.45) is 5.92 Å². The number of likely N-dealkylation sites (tertiary alicyclic amines) is 2. The Hall–Kier alpha value is -2.58. The van der Waals surface area contributed by atoms with E-state index in [1.165, 1.54) is 29.1 Å². The molecule has 1 atom stereocenters. The average molecular weight is 427 g/mol. The largest absolute Gasteiger partial charge is 0.298 e. The fraction of sp³-hybridized carbons (Fsp3) is 0.455. The standard InChI is InChI=1S/C22H26N4O3S/c1-15-3-2-10-25(11-15)13-18-14-30-22(23-18)24-21(29)17-6-4-16(5-7-17)12-26-19(27)8-9-20(26)28/h4-7,14-15H,2-3,8-13H2,1H3,(H,23,24,29). The molecule has 3 heterocycles. The van der Waals surface area contributed by atoms with Crippen LogP contribution in [0.1, 0.15) is 54.2 Å². The number of hydrogen-bond donors (Lipinski definition) is 1. The first-order chi connectivity index (χ1) is 14.5. The van der Waals surface area contributed by atoms with Gasteiger partial charge in [0.1, 0.15) is 0 Å². The summed E-state index contributed by atoms with van der Waals surface area (Å²) in [5.41, 5.74) is 2.32. The van der Waals surface area contributed by atoms with Gasteiger partial charge in [0.2, 0.25) is 11.8 Å². The molecule has 4 rings (SSSR count). The molecule has 2 aliphatic rings. The topological polar surface area (TPSA) is 82.6 Å². The third-order valence-corrected chi connectivity index (χ3v) is 6.42. The van der Waals surface area contributed by atoms with Crippen molar-refractivity contribution < 1.29 is 14.4 Å². The molecule has 3 amide bonds. The van der Waals surface area contributed by atoms with Crippen molar-refractivity contribution in [3.63, 3.8) is 0 Å². The van der Waals surface area contributed by atoms with Crippen LogP contribution in [0.4, 0.5) is 5.13 Å². The maximum absolute atomic E-state index is 12.5. The van der Waals surface area contributed by atoms with Gasteiger partial charge >= 0.3 is 0 Å². The van der Waals surface area contributed by atoms with E-state index >= 15 is 0 Å². The van der Waals surface area contributed by atoms with Gasteiger partial charge in [0.05, 0.1) is 12.2 Å². The Morgan fingerprint density at radius 1 is 1.17 bits per heavy atom. The van der Waals surface area contributed by atoms with Gasteiger partial charge in [-0.15, -0.1) is 11.3 Å². The highest BCUT2D eigenvalue weighted by molar-refractivity contribution is 7.14. The van der Waals surface area contributed by atoms with Crippen LogP contribution in [0.2, 0.25) is 0 Å². The van der Waals surface area contributed by atoms with Gasteiger partial charge in [-0.1, -0.05) is 19.1 Å². The monoisotopic (exact) mass is 426 g/mol. The van der Waals surface area contributed by atoms with Crippen LogP contribution in [-0.4, -0.2) is 45.6 Å². The molecule has 1 N–H and O–H groups in total. The molecule has 0 radical (unpaired) electrons. The predicted octanol–water partition coefficient (Wildman–Crippen LogP) is 3.28. The van der Waals surface area contributed by atoms with E-state index < -0.39 is 0 Å². The number of hydrogen-bond acceptors (Lipinski definition) is 6. The normalized spacial score (nSPS) is 20.0. The van der Waals surface area contributed by atoms with Crippen molar-refractivity contribution in [2.45, 2.75) is 45.7 Å². The molecule has 2 aliphatic heterocycles. The number of imide groups is 1. The first-order valence-electron chi connectivity index (χ1n) is 10.4. The van der Waals surface area contributed by atoms with Crippen molar-refractivity contribution in [3.8, 4) is 0 Å². The molecule has 2 saturated heterocycles. The number of rotatable bonds is 6. The first kappa shape index (κ1) is 20.7. The molecule has 8 heteroatoms. The van der Waals surface area contributed by atoms with Gasteiger partial charge in [-0.05, 0) is 43.0 Å².